The molecule has 0 aromatic carbocycles. The number of carbonyl (C=O) groups excluding carboxylic acids is 1. The second kappa shape index (κ2) is 3.12. The molecule has 3 aliphatic heterocycles. The van der Waals surface area contributed by atoms with Gasteiger partial charge in [-0.3, -0.25) is 4.90 Å². The highest BCUT2D eigenvalue weighted by Gasteiger charge is 2.63. The first-order valence-electron chi connectivity index (χ1n) is 6.58. The van der Waals surface area contributed by atoms with E-state index in [9.17, 15) is 9.90 Å². The van der Waals surface area contributed by atoms with Crippen molar-refractivity contribution in [3.63, 3.8) is 0 Å². The van der Waals surface area contributed by atoms with E-state index in [1.54, 1.807) is 6.08 Å². The van der Waals surface area contributed by atoms with E-state index in [4.69, 9.17) is 4.74 Å². The fourth-order valence-electron chi connectivity index (χ4n) is 4.36. The summed E-state index contributed by atoms with van der Waals surface area (Å²) in [5.74, 6) is -0.208. The zero-order valence-corrected chi connectivity index (χ0v) is 9.76. The van der Waals surface area contributed by atoms with Gasteiger partial charge in [-0.1, -0.05) is 6.42 Å². The number of aliphatic hydroxyl groups is 1. The van der Waals surface area contributed by atoms with Crippen LogP contribution in [0.3, 0.4) is 0 Å². The van der Waals surface area contributed by atoms with Gasteiger partial charge in [-0.2, -0.15) is 0 Å². The molecule has 3 heterocycles. The standard InChI is InChI=1S/C13H17NO3/c15-10-5-8-6-12(16)17-13(8)7-9(10)14-4-2-1-3-11(13)14/h6,9-11,15H,1-5,7H2/t9-,10-,11+,13?/m1/s1. The Morgan fingerprint density at radius 1 is 1.47 bits per heavy atom. The summed E-state index contributed by atoms with van der Waals surface area (Å²) in [6.07, 6.45) is 6.21. The lowest BCUT2D eigenvalue weighted by Crippen LogP contribution is -2.48. The molecule has 1 saturated carbocycles. The van der Waals surface area contributed by atoms with Crippen LogP contribution in [0, 0.1) is 0 Å². The van der Waals surface area contributed by atoms with Crippen molar-refractivity contribution in [3.05, 3.63) is 11.6 Å². The maximum absolute atomic E-state index is 11.6. The van der Waals surface area contributed by atoms with Gasteiger partial charge < -0.3 is 9.84 Å². The third kappa shape index (κ3) is 1.13. The fourth-order valence-corrected chi connectivity index (χ4v) is 4.36. The molecule has 2 saturated heterocycles. The number of nitrogens with zero attached hydrogens (tertiary/aromatic N) is 1. The molecule has 1 aliphatic carbocycles. The number of esters is 1. The molecule has 0 aromatic heterocycles. The molecule has 1 unspecified atom stereocenters. The van der Waals surface area contributed by atoms with E-state index in [-0.39, 0.29) is 23.7 Å². The van der Waals surface area contributed by atoms with Crippen molar-refractivity contribution in [1.29, 1.82) is 0 Å². The second-order valence-corrected chi connectivity index (χ2v) is 5.77. The molecule has 4 heteroatoms. The van der Waals surface area contributed by atoms with Gasteiger partial charge in [0.2, 0.25) is 0 Å². The van der Waals surface area contributed by atoms with Crippen LogP contribution in [0.4, 0.5) is 0 Å². The topological polar surface area (TPSA) is 49.8 Å². The molecule has 3 fully saturated rings. The molecule has 2 bridgehead atoms. The molecule has 0 radical (unpaired) electrons. The van der Waals surface area contributed by atoms with Crippen molar-refractivity contribution >= 4 is 5.97 Å². The maximum Gasteiger partial charge on any atom is 0.331 e. The third-order valence-corrected chi connectivity index (χ3v) is 5.01. The number of rotatable bonds is 0. The second-order valence-electron chi connectivity index (χ2n) is 5.77. The zero-order chi connectivity index (χ0) is 11.6. The van der Waals surface area contributed by atoms with Gasteiger partial charge in [-0.05, 0) is 25.0 Å². The minimum atomic E-state index is -0.374. The molecular weight excluding hydrogens is 218 g/mol. The van der Waals surface area contributed by atoms with E-state index in [1.165, 1.54) is 12.8 Å². The SMILES string of the molecule is O=C1C=C2C[C@@H](O)[C@H]3CC2(O1)[C@@H]1CCCCN31. The van der Waals surface area contributed by atoms with Gasteiger partial charge in [-0.25, -0.2) is 4.79 Å². The summed E-state index contributed by atoms with van der Waals surface area (Å²) in [5.41, 5.74) is 0.669. The van der Waals surface area contributed by atoms with Crippen molar-refractivity contribution in [2.75, 3.05) is 6.54 Å². The fraction of sp³-hybridized carbons (Fsp3) is 0.769. The van der Waals surface area contributed by atoms with Crippen LogP contribution in [0.25, 0.3) is 0 Å². The monoisotopic (exact) mass is 235 g/mol. The Balaban J connectivity index is 1.81. The first-order valence-corrected chi connectivity index (χ1v) is 6.58. The van der Waals surface area contributed by atoms with Gasteiger partial charge in [0, 0.05) is 25.0 Å². The van der Waals surface area contributed by atoms with E-state index in [2.05, 4.69) is 4.90 Å². The Bertz CT molecular complexity index is 419. The molecule has 0 amide bonds. The average Bonchev–Trinajstić information content (AvgIpc) is 2.79. The third-order valence-electron chi connectivity index (χ3n) is 5.01. The van der Waals surface area contributed by atoms with E-state index in [0.717, 1.165) is 25.0 Å². The molecule has 4 aliphatic rings. The van der Waals surface area contributed by atoms with Crippen molar-refractivity contribution in [1.82, 2.24) is 4.90 Å². The molecule has 4 atom stereocenters. The molecule has 17 heavy (non-hydrogen) atoms. The molecule has 4 rings (SSSR count). The predicted octanol–water partition coefficient (Wildman–Crippen LogP) is 0.600. The number of hydrogen-bond acceptors (Lipinski definition) is 4. The first-order chi connectivity index (χ1) is 8.21. The summed E-state index contributed by atoms with van der Waals surface area (Å²) in [6, 6.07) is 0.513. The number of aliphatic hydroxyl groups excluding tert-OH is 1. The Hall–Kier alpha value is -0.870. The average molecular weight is 235 g/mol. The predicted molar refractivity (Wildman–Crippen MR) is 60.3 cm³/mol. The molecule has 1 N–H and O–H groups in total. The number of hydrogen-bond donors (Lipinski definition) is 1. The molecule has 1 spiro atoms. The number of fused-ring (bicyclic) bond motifs is 3. The van der Waals surface area contributed by atoms with Gasteiger partial charge in [0.25, 0.3) is 0 Å². The van der Waals surface area contributed by atoms with Gasteiger partial charge in [0.15, 0.2) is 5.60 Å². The number of carbonyl (C=O) groups is 1. The molecule has 0 aromatic rings. The molecule has 92 valence electrons. The Labute approximate surface area is 100 Å². The summed E-state index contributed by atoms with van der Waals surface area (Å²) in [5, 5.41) is 10.2. The van der Waals surface area contributed by atoms with E-state index >= 15 is 0 Å². The van der Waals surface area contributed by atoms with E-state index < -0.39 is 0 Å². The Morgan fingerprint density at radius 3 is 3.24 bits per heavy atom. The van der Waals surface area contributed by atoms with Crippen LogP contribution in [0.15, 0.2) is 11.6 Å². The lowest BCUT2D eigenvalue weighted by atomic mass is 9.76. The summed E-state index contributed by atoms with van der Waals surface area (Å²) < 4.78 is 5.68. The van der Waals surface area contributed by atoms with Crippen molar-refractivity contribution in [2.45, 2.75) is 55.9 Å². The Kier molecular flexibility index (Phi) is 1.85. The van der Waals surface area contributed by atoms with Gasteiger partial charge in [-0.15, -0.1) is 0 Å². The Morgan fingerprint density at radius 2 is 2.35 bits per heavy atom. The van der Waals surface area contributed by atoms with Gasteiger partial charge >= 0.3 is 5.97 Å². The van der Waals surface area contributed by atoms with Crippen molar-refractivity contribution in [3.8, 4) is 0 Å². The van der Waals surface area contributed by atoms with Crippen molar-refractivity contribution < 1.29 is 14.6 Å². The lowest BCUT2D eigenvalue weighted by Gasteiger charge is -2.37. The highest BCUT2D eigenvalue weighted by Crippen LogP contribution is 2.53. The molecular formula is C13H17NO3. The van der Waals surface area contributed by atoms with Crippen LogP contribution in [0.5, 0.6) is 0 Å². The normalized spacial score (nSPS) is 48.4. The smallest absolute Gasteiger partial charge is 0.331 e. The summed E-state index contributed by atoms with van der Waals surface area (Å²) >= 11 is 0. The number of ether oxygens (including phenoxy) is 1. The van der Waals surface area contributed by atoms with Crippen LogP contribution < -0.4 is 0 Å². The minimum absolute atomic E-state index is 0.198. The summed E-state index contributed by atoms with van der Waals surface area (Å²) in [7, 11) is 0. The minimum Gasteiger partial charge on any atom is -0.450 e. The summed E-state index contributed by atoms with van der Waals surface area (Å²) in [4.78, 5) is 14.0. The van der Waals surface area contributed by atoms with Crippen LogP contribution in [0.2, 0.25) is 0 Å². The number of piperidine rings is 1. The zero-order valence-electron chi connectivity index (χ0n) is 9.76. The first kappa shape index (κ1) is 10.1. The largest absolute Gasteiger partial charge is 0.450 e. The van der Waals surface area contributed by atoms with Gasteiger partial charge in [0.05, 0.1) is 12.1 Å². The van der Waals surface area contributed by atoms with E-state index in [1.807, 2.05) is 0 Å². The molecule has 4 nitrogen and oxygen atoms in total. The summed E-state index contributed by atoms with van der Waals surface area (Å²) in [6.45, 7) is 1.04. The van der Waals surface area contributed by atoms with Crippen molar-refractivity contribution in [2.24, 2.45) is 0 Å². The van der Waals surface area contributed by atoms with Crippen LogP contribution in [-0.2, 0) is 9.53 Å². The van der Waals surface area contributed by atoms with Crippen LogP contribution >= 0.6 is 0 Å². The maximum atomic E-state index is 11.6. The van der Waals surface area contributed by atoms with E-state index in [0.29, 0.717) is 12.5 Å². The highest BCUT2D eigenvalue weighted by molar-refractivity contribution is 5.87. The van der Waals surface area contributed by atoms with Crippen LogP contribution in [0.1, 0.15) is 32.1 Å². The van der Waals surface area contributed by atoms with Crippen LogP contribution in [-0.4, -0.2) is 46.3 Å². The highest BCUT2D eigenvalue weighted by atomic mass is 16.6. The van der Waals surface area contributed by atoms with Gasteiger partial charge in [0.1, 0.15) is 0 Å². The quantitative estimate of drug-likeness (QED) is 0.625. The lowest BCUT2D eigenvalue weighted by molar-refractivity contribution is -0.148.